The number of halogens is 1. The molecule has 0 fully saturated rings. The Hall–Kier alpha value is -2.42. The summed E-state index contributed by atoms with van der Waals surface area (Å²) in [5, 5.41) is 11.2. The summed E-state index contributed by atoms with van der Waals surface area (Å²) >= 11 is 0. The molecule has 0 aliphatic heterocycles. The van der Waals surface area contributed by atoms with Crippen molar-refractivity contribution in [2.75, 3.05) is 0 Å². The Morgan fingerprint density at radius 2 is 1.94 bits per heavy atom. The first-order chi connectivity index (χ1) is 8.75. The molecule has 88 valence electrons. The molecule has 1 N–H and O–H groups in total. The number of rotatable bonds is 1. The van der Waals surface area contributed by atoms with E-state index in [0.29, 0.717) is 0 Å². The van der Waals surface area contributed by atoms with Gasteiger partial charge < -0.3 is 5.11 Å². The van der Waals surface area contributed by atoms with Crippen molar-refractivity contribution in [3.05, 3.63) is 60.7 Å². The Kier molecular flexibility index (Phi) is 2.45. The van der Waals surface area contributed by atoms with Crippen molar-refractivity contribution in [3.63, 3.8) is 0 Å². The van der Waals surface area contributed by atoms with Gasteiger partial charge in [0.2, 0.25) is 0 Å². The van der Waals surface area contributed by atoms with Gasteiger partial charge in [0, 0.05) is 17.8 Å². The van der Waals surface area contributed by atoms with Gasteiger partial charge in [-0.25, -0.2) is 4.39 Å². The standard InChI is InChI=1S/C15H10FNO/c16-14-8-11(4-5-15(14)18)12-3-1-2-10-6-7-17-9-13(10)12/h1-9,18H. The van der Waals surface area contributed by atoms with Gasteiger partial charge in [-0.15, -0.1) is 0 Å². The highest BCUT2D eigenvalue weighted by atomic mass is 19.1. The van der Waals surface area contributed by atoms with Crippen molar-refractivity contribution in [3.8, 4) is 16.9 Å². The minimum Gasteiger partial charge on any atom is -0.505 e. The van der Waals surface area contributed by atoms with Gasteiger partial charge in [-0.2, -0.15) is 0 Å². The summed E-state index contributed by atoms with van der Waals surface area (Å²) in [6.45, 7) is 0. The van der Waals surface area contributed by atoms with E-state index in [-0.39, 0.29) is 5.75 Å². The van der Waals surface area contributed by atoms with E-state index in [0.717, 1.165) is 21.9 Å². The molecule has 0 bridgehead atoms. The Labute approximate surface area is 103 Å². The highest BCUT2D eigenvalue weighted by Crippen LogP contribution is 2.30. The van der Waals surface area contributed by atoms with Gasteiger partial charge in [0.1, 0.15) is 0 Å². The zero-order valence-electron chi connectivity index (χ0n) is 9.47. The number of aromatic hydroxyl groups is 1. The fourth-order valence-electron chi connectivity index (χ4n) is 2.04. The van der Waals surface area contributed by atoms with Crippen LogP contribution in [0.15, 0.2) is 54.9 Å². The molecular weight excluding hydrogens is 229 g/mol. The summed E-state index contributed by atoms with van der Waals surface area (Å²) in [5.74, 6) is -0.953. The van der Waals surface area contributed by atoms with Crippen LogP contribution in [-0.2, 0) is 0 Å². The summed E-state index contributed by atoms with van der Waals surface area (Å²) in [6.07, 6.45) is 3.49. The molecule has 0 amide bonds. The van der Waals surface area contributed by atoms with Gasteiger partial charge in [-0.05, 0) is 34.7 Å². The predicted molar refractivity (Wildman–Crippen MR) is 68.8 cm³/mol. The van der Waals surface area contributed by atoms with Crippen LogP contribution in [-0.4, -0.2) is 10.1 Å². The maximum Gasteiger partial charge on any atom is 0.165 e. The molecule has 2 aromatic carbocycles. The number of fused-ring (bicyclic) bond motifs is 1. The Balaban J connectivity index is 2.28. The maximum atomic E-state index is 13.4. The second-order valence-electron chi connectivity index (χ2n) is 4.07. The molecule has 0 saturated carbocycles. The van der Waals surface area contributed by atoms with Crippen molar-refractivity contribution in [1.82, 2.24) is 4.98 Å². The van der Waals surface area contributed by atoms with Crippen LogP contribution in [0.5, 0.6) is 5.75 Å². The molecule has 3 rings (SSSR count). The van der Waals surface area contributed by atoms with Crippen LogP contribution in [0.4, 0.5) is 4.39 Å². The van der Waals surface area contributed by atoms with Gasteiger partial charge in [0.05, 0.1) is 0 Å². The third kappa shape index (κ3) is 1.70. The lowest BCUT2D eigenvalue weighted by Crippen LogP contribution is -1.84. The summed E-state index contributed by atoms with van der Waals surface area (Å²) in [4.78, 5) is 4.10. The van der Waals surface area contributed by atoms with Gasteiger partial charge in [-0.1, -0.05) is 24.3 Å². The first kappa shape index (κ1) is 10.7. The quantitative estimate of drug-likeness (QED) is 0.701. The molecule has 1 aromatic heterocycles. The van der Waals surface area contributed by atoms with E-state index in [1.165, 1.54) is 12.1 Å². The zero-order chi connectivity index (χ0) is 12.5. The van der Waals surface area contributed by atoms with Crippen molar-refractivity contribution in [1.29, 1.82) is 0 Å². The minimum absolute atomic E-state index is 0.336. The van der Waals surface area contributed by atoms with Crippen molar-refractivity contribution >= 4 is 10.8 Å². The number of pyridine rings is 1. The SMILES string of the molecule is Oc1ccc(-c2cccc3ccncc23)cc1F. The zero-order valence-corrected chi connectivity index (χ0v) is 9.47. The Morgan fingerprint density at radius 1 is 1.06 bits per heavy atom. The number of phenols is 1. The lowest BCUT2D eigenvalue weighted by molar-refractivity contribution is 0.432. The average Bonchev–Trinajstić information content (AvgIpc) is 2.41. The van der Waals surface area contributed by atoms with Crippen molar-refractivity contribution < 1.29 is 9.50 Å². The highest BCUT2D eigenvalue weighted by Gasteiger charge is 2.06. The van der Waals surface area contributed by atoms with Gasteiger partial charge in [0.25, 0.3) is 0 Å². The van der Waals surface area contributed by atoms with Crippen LogP contribution in [0.2, 0.25) is 0 Å². The van der Waals surface area contributed by atoms with E-state index < -0.39 is 5.82 Å². The molecule has 0 saturated heterocycles. The third-order valence-corrected chi connectivity index (χ3v) is 2.94. The molecule has 0 spiro atoms. The molecular formula is C15H10FNO. The van der Waals surface area contributed by atoms with Crippen molar-refractivity contribution in [2.45, 2.75) is 0 Å². The number of hydrogen-bond donors (Lipinski definition) is 1. The molecule has 0 aliphatic carbocycles. The summed E-state index contributed by atoms with van der Waals surface area (Å²) in [7, 11) is 0. The normalized spacial score (nSPS) is 10.7. The summed E-state index contributed by atoms with van der Waals surface area (Å²) < 4.78 is 13.4. The lowest BCUT2D eigenvalue weighted by Gasteiger charge is -2.07. The second kappa shape index (κ2) is 4.11. The molecule has 3 heteroatoms. The van der Waals surface area contributed by atoms with Crippen molar-refractivity contribution in [2.24, 2.45) is 0 Å². The Bertz CT molecular complexity index is 719. The van der Waals surface area contributed by atoms with Crippen LogP contribution in [0.3, 0.4) is 0 Å². The molecule has 18 heavy (non-hydrogen) atoms. The largest absolute Gasteiger partial charge is 0.505 e. The number of nitrogens with zero attached hydrogens (tertiary/aromatic N) is 1. The smallest absolute Gasteiger partial charge is 0.165 e. The highest BCUT2D eigenvalue weighted by molar-refractivity contribution is 5.96. The summed E-state index contributed by atoms with van der Waals surface area (Å²) in [5.41, 5.74) is 1.63. The van der Waals surface area contributed by atoms with Gasteiger partial charge >= 0.3 is 0 Å². The fourth-order valence-corrected chi connectivity index (χ4v) is 2.04. The monoisotopic (exact) mass is 239 g/mol. The number of aromatic nitrogens is 1. The lowest BCUT2D eigenvalue weighted by atomic mass is 9.99. The molecule has 0 atom stereocenters. The molecule has 0 aliphatic rings. The first-order valence-corrected chi connectivity index (χ1v) is 5.57. The van der Waals surface area contributed by atoms with E-state index in [1.807, 2.05) is 24.3 Å². The van der Waals surface area contributed by atoms with E-state index in [4.69, 9.17) is 0 Å². The first-order valence-electron chi connectivity index (χ1n) is 5.57. The van der Waals surface area contributed by atoms with Crippen LogP contribution >= 0.6 is 0 Å². The number of benzene rings is 2. The van der Waals surface area contributed by atoms with Gasteiger partial charge in [-0.3, -0.25) is 4.98 Å². The minimum atomic E-state index is -0.617. The molecule has 0 unspecified atom stereocenters. The number of phenolic OH excluding ortho intramolecular Hbond substituents is 1. The van der Waals surface area contributed by atoms with E-state index in [2.05, 4.69) is 4.98 Å². The van der Waals surface area contributed by atoms with Gasteiger partial charge in [0.15, 0.2) is 11.6 Å². The van der Waals surface area contributed by atoms with Crippen LogP contribution in [0.1, 0.15) is 0 Å². The topological polar surface area (TPSA) is 33.1 Å². The third-order valence-electron chi connectivity index (χ3n) is 2.94. The van der Waals surface area contributed by atoms with E-state index in [9.17, 15) is 9.50 Å². The van der Waals surface area contributed by atoms with Crippen LogP contribution < -0.4 is 0 Å². The molecule has 3 aromatic rings. The number of hydrogen-bond acceptors (Lipinski definition) is 2. The van der Waals surface area contributed by atoms with E-state index >= 15 is 0 Å². The summed E-state index contributed by atoms with van der Waals surface area (Å²) in [6, 6.07) is 12.1. The predicted octanol–water partition coefficient (Wildman–Crippen LogP) is 3.75. The van der Waals surface area contributed by atoms with Crippen LogP contribution in [0.25, 0.3) is 21.9 Å². The Morgan fingerprint density at radius 3 is 2.78 bits per heavy atom. The second-order valence-corrected chi connectivity index (χ2v) is 4.07. The van der Waals surface area contributed by atoms with Crippen LogP contribution in [0, 0.1) is 5.82 Å². The molecule has 2 nitrogen and oxygen atoms in total. The molecule has 1 heterocycles. The van der Waals surface area contributed by atoms with E-state index in [1.54, 1.807) is 18.5 Å². The average molecular weight is 239 g/mol. The molecule has 0 radical (unpaired) electrons. The fraction of sp³-hybridized carbons (Fsp3) is 0. The maximum absolute atomic E-state index is 13.4.